The number of aryl methyl sites for hydroxylation is 2. The van der Waals surface area contributed by atoms with Gasteiger partial charge in [-0.2, -0.15) is 0 Å². The third-order valence-electron chi connectivity index (χ3n) is 4.18. The highest BCUT2D eigenvalue weighted by atomic mass is 15.0. The van der Waals surface area contributed by atoms with Crippen LogP contribution in [0.4, 0.5) is 0 Å². The molecule has 0 aliphatic heterocycles. The van der Waals surface area contributed by atoms with E-state index in [0.29, 0.717) is 0 Å². The Balaban J connectivity index is 2.05. The molecule has 114 valence electrons. The van der Waals surface area contributed by atoms with Gasteiger partial charge in [0.2, 0.25) is 0 Å². The quantitative estimate of drug-likeness (QED) is 0.794. The number of hydrogen-bond donors (Lipinski definition) is 1. The maximum Gasteiger partial charge on any atom is 0.137 e. The van der Waals surface area contributed by atoms with E-state index >= 15 is 0 Å². The lowest BCUT2D eigenvalue weighted by Gasteiger charge is -2.11. The summed E-state index contributed by atoms with van der Waals surface area (Å²) in [4.78, 5) is 4.82. The molecule has 1 unspecified atom stereocenters. The first-order valence-electron chi connectivity index (χ1n) is 7.90. The number of nitrogens with two attached hydrogens (primary N) is 1. The van der Waals surface area contributed by atoms with Gasteiger partial charge in [-0.15, -0.1) is 0 Å². The van der Waals surface area contributed by atoms with E-state index in [2.05, 4.69) is 48.6 Å². The van der Waals surface area contributed by atoms with Gasteiger partial charge in [-0.25, -0.2) is 4.98 Å². The van der Waals surface area contributed by atoms with Gasteiger partial charge in [0.25, 0.3) is 0 Å². The highest BCUT2D eigenvalue weighted by molar-refractivity contribution is 5.47. The fraction of sp³-hybridized carbons (Fsp3) is 0.316. The number of nitrogens with zero attached hydrogens (tertiary/aromatic N) is 2. The number of hydrogen-bond acceptors (Lipinski definition) is 2. The molecule has 1 atom stereocenters. The maximum atomic E-state index is 6.23. The second-order valence-corrected chi connectivity index (χ2v) is 5.94. The van der Waals surface area contributed by atoms with Crippen LogP contribution in [0.2, 0.25) is 0 Å². The van der Waals surface area contributed by atoms with Gasteiger partial charge in [-0.05, 0) is 43.5 Å². The average molecular weight is 293 g/mol. The molecule has 22 heavy (non-hydrogen) atoms. The summed E-state index contributed by atoms with van der Waals surface area (Å²) in [6.07, 6.45) is 1.89. The van der Waals surface area contributed by atoms with Gasteiger partial charge in [-0.1, -0.05) is 37.3 Å². The molecule has 3 nitrogen and oxygen atoms in total. The van der Waals surface area contributed by atoms with E-state index < -0.39 is 0 Å². The van der Waals surface area contributed by atoms with Crippen LogP contribution in [-0.4, -0.2) is 9.38 Å². The molecule has 0 bridgehead atoms. The third-order valence-corrected chi connectivity index (χ3v) is 4.18. The second kappa shape index (κ2) is 5.93. The molecule has 0 saturated heterocycles. The van der Waals surface area contributed by atoms with E-state index in [1.165, 1.54) is 16.8 Å². The topological polar surface area (TPSA) is 43.3 Å². The van der Waals surface area contributed by atoms with Crippen LogP contribution < -0.4 is 5.73 Å². The Labute approximate surface area is 131 Å². The molecular formula is C19H23N3. The zero-order chi connectivity index (χ0) is 15.7. The molecule has 3 rings (SSSR count). The monoisotopic (exact) mass is 293 g/mol. The summed E-state index contributed by atoms with van der Waals surface area (Å²) in [5.41, 5.74) is 13.2. The SMILES string of the molecule is CCc1ccc(Cc2nc3cccc(C)n3c2C(C)N)cc1. The fourth-order valence-corrected chi connectivity index (χ4v) is 3.01. The normalized spacial score (nSPS) is 12.7. The molecule has 2 N–H and O–H groups in total. The van der Waals surface area contributed by atoms with Crippen LogP contribution in [0.1, 0.15) is 48.1 Å². The molecular weight excluding hydrogens is 270 g/mol. The Hall–Kier alpha value is -2.13. The predicted molar refractivity (Wildman–Crippen MR) is 91.2 cm³/mol. The fourth-order valence-electron chi connectivity index (χ4n) is 3.01. The van der Waals surface area contributed by atoms with Crippen molar-refractivity contribution in [3.63, 3.8) is 0 Å². The Morgan fingerprint density at radius 1 is 1.09 bits per heavy atom. The van der Waals surface area contributed by atoms with Gasteiger partial charge in [0.15, 0.2) is 0 Å². The summed E-state index contributed by atoms with van der Waals surface area (Å²) in [7, 11) is 0. The van der Waals surface area contributed by atoms with E-state index in [1.807, 2.05) is 19.1 Å². The zero-order valence-corrected chi connectivity index (χ0v) is 13.5. The number of benzene rings is 1. The lowest BCUT2D eigenvalue weighted by molar-refractivity contribution is 0.748. The van der Waals surface area contributed by atoms with E-state index in [4.69, 9.17) is 10.7 Å². The van der Waals surface area contributed by atoms with E-state index in [0.717, 1.165) is 29.9 Å². The number of rotatable bonds is 4. The lowest BCUT2D eigenvalue weighted by Crippen LogP contribution is -2.12. The summed E-state index contributed by atoms with van der Waals surface area (Å²) in [6.45, 7) is 6.30. The molecule has 0 radical (unpaired) electrons. The van der Waals surface area contributed by atoms with Crippen molar-refractivity contribution in [1.29, 1.82) is 0 Å². The largest absolute Gasteiger partial charge is 0.323 e. The molecule has 0 amide bonds. The molecule has 2 heterocycles. The molecule has 0 spiro atoms. The standard InChI is InChI=1S/C19H23N3/c1-4-15-8-10-16(11-9-15)12-17-19(14(3)20)22-13(2)6-5-7-18(22)21-17/h5-11,14H,4,12,20H2,1-3H3. The van der Waals surface area contributed by atoms with E-state index in [9.17, 15) is 0 Å². The van der Waals surface area contributed by atoms with Crippen molar-refractivity contribution < 1.29 is 0 Å². The van der Waals surface area contributed by atoms with Crippen LogP contribution in [0.15, 0.2) is 42.5 Å². The van der Waals surface area contributed by atoms with Crippen molar-refractivity contribution in [1.82, 2.24) is 9.38 Å². The lowest BCUT2D eigenvalue weighted by atomic mass is 10.0. The van der Waals surface area contributed by atoms with Crippen molar-refractivity contribution in [2.75, 3.05) is 0 Å². The van der Waals surface area contributed by atoms with Gasteiger partial charge >= 0.3 is 0 Å². The Kier molecular flexibility index (Phi) is 3.99. The molecule has 0 aliphatic carbocycles. The third kappa shape index (κ3) is 2.64. The first-order valence-corrected chi connectivity index (χ1v) is 7.90. The van der Waals surface area contributed by atoms with Crippen LogP contribution in [0, 0.1) is 6.92 Å². The minimum Gasteiger partial charge on any atom is -0.323 e. The Bertz CT molecular complexity index is 782. The highest BCUT2D eigenvalue weighted by Gasteiger charge is 2.16. The summed E-state index contributed by atoms with van der Waals surface area (Å²) >= 11 is 0. The number of aromatic nitrogens is 2. The zero-order valence-electron chi connectivity index (χ0n) is 13.5. The molecule has 3 heteroatoms. The molecule has 2 aromatic heterocycles. The molecule has 0 aliphatic rings. The van der Waals surface area contributed by atoms with Crippen molar-refractivity contribution in [3.8, 4) is 0 Å². The van der Waals surface area contributed by atoms with Crippen LogP contribution >= 0.6 is 0 Å². The number of fused-ring (bicyclic) bond motifs is 1. The van der Waals surface area contributed by atoms with Gasteiger partial charge < -0.3 is 5.73 Å². The smallest absolute Gasteiger partial charge is 0.137 e. The van der Waals surface area contributed by atoms with Gasteiger partial charge in [0, 0.05) is 18.2 Å². The first kappa shape index (κ1) is 14.8. The van der Waals surface area contributed by atoms with E-state index in [-0.39, 0.29) is 6.04 Å². The molecule has 0 fully saturated rings. The predicted octanol–water partition coefficient (Wildman–Crippen LogP) is 3.82. The minimum atomic E-state index is -0.0407. The Morgan fingerprint density at radius 3 is 2.41 bits per heavy atom. The van der Waals surface area contributed by atoms with E-state index in [1.54, 1.807) is 0 Å². The molecule has 3 aromatic rings. The van der Waals surface area contributed by atoms with Crippen LogP contribution in [-0.2, 0) is 12.8 Å². The van der Waals surface area contributed by atoms with Crippen LogP contribution in [0.25, 0.3) is 5.65 Å². The minimum absolute atomic E-state index is 0.0407. The second-order valence-electron chi connectivity index (χ2n) is 5.94. The summed E-state index contributed by atoms with van der Waals surface area (Å²) in [5, 5.41) is 0. The van der Waals surface area contributed by atoms with Crippen molar-refractivity contribution in [3.05, 3.63) is 70.7 Å². The summed E-state index contributed by atoms with van der Waals surface area (Å²) in [5.74, 6) is 0. The van der Waals surface area contributed by atoms with Gasteiger partial charge in [0.05, 0.1) is 11.4 Å². The van der Waals surface area contributed by atoms with Gasteiger partial charge in [-0.3, -0.25) is 4.40 Å². The van der Waals surface area contributed by atoms with Crippen molar-refractivity contribution in [2.24, 2.45) is 5.73 Å². The summed E-state index contributed by atoms with van der Waals surface area (Å²) in [6, 6.07) is 14.9. The van der Waals surface area contributed by atoms with Crippen molar-refractivity contribution >= 4 is 5.65 Å². The summed E-state index contributed by atoms with van der Waals surface area (Å²) < 4.78 is 2.18. The average Bonchev–Trinajstić information content (AvgIpc) is 2.87. The van der Waals surface area contributed by atoms with Crippen LogP contribution in [0.5, 0.6) is 0 Å². The van der Waals surface area contributed by atoms with Gasteiger partial charge in [0.1, 0.15) is 5.65 Å². The van der Waals surface area contributed by atoms with Crippen LogP contribution in [0.3, 0.4) is 0 Å². The number of pyridine rings is 1. The molecule has 1 aromatic carbocycles. The maximum absolute atomic E-state index is 6.23. The highest BCUT2D eigenvalue weighted by Crippen LogP contribution is 2.23. The Morgan fingerprint density at radius 2 is 1.77 bits per heavy atom. The van der Waals surface area contributed by atoms with Crippen molar-refractivity contribution in [2.45, 2.75) is 39.7 Å². The molecule has 0 saturated carbocycles. The first-order chi connectivity index (χ1) is 10.6. The number of imidazole rings is 1.